The first-order chi connectivity index (χ1) is 7.79. The van der Waals surface area contributed by atoms with Crippen molar-refractivity contribution < 1.29 is 0 Å². The number of aryl methyl sites for hydroxylation is 1. The Kier molecular flexibility index (Phi) is 4.36. The van der Waals surface area contributed by atoms with E-state index < -0.39 is 0 Å². The molecule has 2 rings (SSSR count). The molecule has 0 aromatic carbocycles. The fraction of sp³-hybridized carbons (Fsp3) is 0.769. The highest BCUT2D eigenvalue weighted by Crippen LogP contribution is 2.29. The van der Waals surface area contributed by atoms with Crippen LogP contribution in [0, 0.1) is 6.92 Å². The molecule has 1 aromatic heterocycles. The van der Waals surface area contributed by atoms with E-state index in [9.17, 15) is 0 Å². The maximum atomic E-state index is 4.63. The summed E-state index contributed by atoms with van der Waals surface area (Å²) in [5, 5.41) is 7.18. The third-order valence-electron chi connectivity index (χ3n) is 3.05. The molecule has 1 fully saturated rings. The largest absolute Gasteiger partial charge is 0.305 e. The van der Waals surface area contributed by atoms with Gasteiger partial charge >= 0.3 is 0 Å². The van der Waals surface area contributed by atoms with E-state index in [-0.39, 0.29) is 0 Å². The minimum absolute atomic E-state index is 0.512. The molecule has 1 aromatic rings. The summed E-state index contributed by atoms with van der Waals surface area (Å²) >= 11 is 1.81. The Bertz CT molecular complexity index is 317. The van der Waals surface area contributed by atoms with Gasteiger partial charge in [-0.15, -0.1) is 11.3 Å². The van der Waals surface area contributed by atoms with Crippen molar-refractivity contribution in [1.82, 2.24) is 10.3 Å². The predicted molar refractivity (Wildman–Crippen MR) is 69.9 cm³/mol. The zero-order valence-electron chi connectivity index (χ0n) is 10.3. The van der Waals surface area contributed by atoms with Crippen molar-refractivity contribution in [2.75, 3.05) is 0 Å². The van der Waals surface area contributed by atoms with Gasteiger partial charge in [0.25, 0.3) is 0 Å². The molecule has 16 heavy (non-hydrogen) atoms. The van der Waals surface area contributed by atoms with Crippen molar-refractivity contribution in [3.63, 3.8) is 0 Å². The smallest absolute Gasteiger partial charge is 0.110 e. The van der Waals surface area contributed by atoms with Gasteiger partial charge < -0.3 is 5.32 Å². The van der Waals surface area contributed by atoms with Gasteiger partial charge in [0.1, 0.15) is 5.01 Å². The zero-order chi connectivity index (χ0) is 11.4. The van der Waals surface area contributed by atoms with Crippen molar-refractivity contribution in [3.05, 3.63) is 16.1 Å². The van der Waals surface area contributed by atoms with Crippen LogP contribution in [0.3, 0.4) is 0 Å². The Hall–Kier alpha value is -0.410. The van der Waals surface area contributed by atoms with E-state index in [0.717, 1.165) is 11.7 Å². The molecule has 1 N–H and O–H groups in total. The Balaban J connectivity index is 1.90. The molecular weight excluding hydrogens is 216 g/mol. The van der Waals surface area contributed by atoms with Crippen molar-refractivity contribution in [3.8, 4) is 0 Å². The van der Waals surface area contributed by atoms with E-state index in [1.54, 1.807) is 0 Å². The van der Waals surface area contributed by atoms with Crippen LogP contribution in [0.25, 0.3) is 0 Å². The predicted octanol–water partition coefficient (Wildman–Crippen LogP) is 3.82. The molecule has 1 aliphatic carbocycles. The Morgan fingerprint density at radius 3 is 2.88 bits per heavy atom. The van der Waals surface area contributed by atoms with Gasteiger partial charge in [-0.3, -0.25) is 0 Å². The van der Waals surface area contributed by atoms with E-state index >= 15 is 0 Å². The van der Waals surface area contributed by atoms with E-state index in [2.05, 4.69) is 29.5 Å². The van der Waals surface area contributed by atoms with Crippen LogP contribution in [0.2, 0.25) is 0 Å². The van der Waals surface area contributed by atoms with Crippen molar-refractivity contribution in [2.45, 2.75) is 64.5 Å². The summed E-state index contributed by atoms with van der Waals surface area (Å²) < 4.78 is 0. The molecule has 1 aliphatic rings. The molecule has 0 radical (unpaired) electrons. The second-order valence-electron chi connectivity index (χ2n) is 4.82. The number of thiazole rings is 1. The SMILES string of the molecule is CCCCCC(NC1CC1)c1nc(C)cs1. The average molecular weight is 238 g/mol. The Morgan fingerprint density at radius 1 is 1.50 bits per heavy atom. The summed E-state index contributed by atoms with van der Waals surface area (Å²) in [6, 6.07) is 1.29. The standard InChI is InChI=1S/C13H22N2S/c1-3-4-5-6-12(15-11-7-8-11)13-14-10(2)9-16-13/h9,11-12,15H,3-8H2,1-2H3. The normalized spacial score (nSPS) is 17.6. The minimum Gasteiger partial charge on any atom is -0.305 e. The molecule has 0 spiro atoms. The van der Waals surface area contributed by atoms with Gasteiger partial charge in [0.15, 0.2) is 0 Å². The lowest BCUT2D eigenvalue weighted by molar-refractivity contribution is 0.469. The van der Waals surface area contributed by atoms with Crippen LogP contribution in [0.15, 0.2) is 5.38 Å². The highest BCUT2D eigenvalue weighted by atomic mass is 32.1. The fourth-order valence-electron chi connectivity index (χ4n) is 1.94. The molecule has 0 bridgehead atoms. The molecule has 0 amide bonds. The number of aromatic nitrogens is 1. The van der Waals surface area contributed by atoms with E-state index in [4.69, 9.17) is 0 Å². The monoisotopic (exact) mass is 238 g/mol. The number of rotatable bonds is 7. The summed E-state index contributed by atoms with van der Waals surface area (Å²) in [5.74, 6) is 0. The summed E-state index contributed by atoms with van der Waals surface area (Å²) in [7, 11) is 0. The van der Waals surface area contributed by atoms with Crippen molar-refractivity contribution >= 4 is 11.3 Å². The number of nitrogens with one attached hydrogen (secondary N) is 1. The second kappa shape index (κ2) is 5.78. The van der Waals surface area contributed by atoms with Crippen LogP contribution in [0.4, 0.5) is 0 Å². The third kappa shape index (κ3) is 3.56. The van der Waals surface area contributed by atoms with Gasteiger partial charge in [-0.05, 0) is 26.2 Å². The van der Waals surface area contributed by atoms with Crippen LogP contribution < -0.4 is 5.32 Å². The van der Waals surface area contributed by atoms with Crippen LogP contribution in [-0.4, -0.2) is 11.0 Å². The molecule has 0 saturated heterocycles. The van der Waals surface area contributed by atoms with Gasteiger partial charge in [-0.25, -0.2) is 4.98 Å². The highest BCUT2D eigenvalue weighted by molar-refractivity contribution is 7.09. The van der Waals surface area contributed by atoms with Crippen LogP contribution >= 0.6 is 11.3 Å². The first-order valence-corrected chi connectivity index (χ1v) is 7.35. The molecule has 90 valence electrons. The first kappa shape index (κ1) is 12.1. The first-order valence-electron chi connectivity index (χ1n) is 6.47. The summed E-state index contributed by atoms with van der Waals surface area (Å²) in [4.78, 5) is 4.63. The summed E-state index contributed by atoms with van der Waals surface area (Å²) in [6.07, 6.45) is 7.92. The maximum Gasteiger partial charge on any atom is 0.110 e. The number of unbranched alkanes of at least 4 members (excludes halogenated alkanes) is 2. The summed E-state index contributed by atoms with van der Waals surface area (Å²) in [5.41, 5.74) is 1.16. The number of hydrogen-bond acceptors (Lipinski definition) is 3. The summed E-state index contributed by atoms with van der Waals surface area (Å²) in [6.45, 7) is 4.34. The zero-order valence-corrected chi connectivity index (χ0v) is 11.1. The topological polar surface area (TPSA) is 24.9 Å². The van der Waals surface area contributed by atoms with E-state index in [1.807, 2.05) is 11.3 Å². The molecule has 0 aliphatic heterocycles. The molecule has 3 heteroatoms. The maximum absolute atomic E-state index is 4.63. The lowest BCUT2D eigenvalue weighted by Gasteiger charge is -2.15. The minimum atomic E-state index is 0.512. The Labute approximate surface area is 102 Å². The molecule has 2 nitrogen and oxygen atoms in total. The van der Waals surface area contributed by atoms with Gasteiger partial charge in [0.2, 0.25) is 0 Å². The molecule has 1 heterocycles. The highest BCUT2D eigenvalue weighted by Gasteiger charge is 2.26. The molecule has 1 atom stereocenters. The van der Waals surface area contributed by atoms with Crippen LogP contribution in [0.5, 0.6) is 0 Å². The Morgan fingerprint density at radius 2 is 2.31 bits per heavy atom. The van der Waals surface area contributed by atoms with Crippen molar-refractivity contribution in [1.29, 1.82) is 0 Å². The van der Waals surface area contributed by atoms with Gasteiger partial charge in [-0.1, -0.05) is 26.2 Å². The molecule has 1 saturated carbocycles. The molecule has 1 unspecified atom stereocenters. The van der Waals surface area contributed by atoms with Gasteiger partial charge in [0.05, 0.1) is 6.04 Å². The van der Waals surface area contributed by atoms with Gasteiger partial charge in [0, 0.05) is 17.1 Å². The number of hydrogen-bond donors (Lipinski definition) is 1. The lowest BCUT2D eigenvalue weighted by Crippen LogP contribution is -2.23. The lowest BCUT2D eigenvalue weighted by atomic mass is 10.1. The molecular formula is C13H22N2S. The van der Waals surface area contributed by atoms with E-state index in [0.29, 0.717) is 6.04 Å². The van der Waals surface area contributed by atoms with E-state index in [1.165, 1.54) is 43.5 Å². The second-order valence-corrected chi connectivity index (χ2v) is 5.71. The van der Waals surface area contributed by atoms with Crippen molar-refractivity contribution in [2.24, 2.45) is 0 Å². The van der Waals surface area contributed by atoms with Crippen LogP contribution in [-0.2, 0) is 0 Å². The van der Waals surface area contributed by atoms with Crippen LogP contribution in [0.1, 0.15) is 62.2 Å². The quantitative estimate of drug-likeness (QED) is 0.730. The number of nitrogens with zero attached hydrogens (tertiary/aromatic N) is 1. The fourth-order valence-corrected chi connectivity index (χ4v) is 2.83. The third-order valence-corrected chi connectivity index (χ3v) is 4.12. The average Bonchev–Trinajstić information content (AvgIpc) is 2.98. The van der Waals surface area contributed by atoms with Gasteiger partial charge in [-0.2, -0.15) is 0 Å².